The van der Waals surface area contributed by atoms with Crippen LogP contribution in [-0.2, 0) is 6.54 Å². The van der Waals surface area contributed by atoms with Crippen molar-refractivity contribution >= 4 is 11.6 Å². The lowest BCUT2D eigenvalue weighted by atomic mass is 10.1. The maximum absolute atomic E-state index is 10.0. The second-order valence-electron chi connectivity index (χ2n) is 3.64. The maximum atomic E-state index is 10.0. The quantitative estimate of drug-likeness (QED) is 0.749. The summed E-state index contributed by atoms with van der Waals surface area (Å²) in [5.74, 6) is 0. The normalized spacial score (nSPS) is 11.6. The van der Waals surface area contributed by atoms with Crippen LogP contribution in [0.1, 0.15) is 11.7 Å². The fraction of sp³-hybridized carbons (Fsp3) is 0.154. The standard InChI is InChI=1S/C13H13ClNO.BrH/c14-12-6-4-5-11(9-12)13(16)10-15-7-2-1-3-8-15;/h1-9,13,16H,10H2;1H/q+1;/p-1. The molecule has 17 heavy (non-hydrogen) atoms. The SMILES string of the molecule is OC(C[n+]1ccccc1)c1cccc(Cl)c1.[Br-]. The van der Waals surface area contributed by atoms with Crippen molar-refractivity contribution in [2.24, 2.45) is 0 Å². The topological polar surface area (TPSA) is 24.1 Å². The first-order valence-electron chi connectivity index (χ1n) is 5.13. The van der Waals surface area contributed by atoms with Gasteiger partial charge in [0.25, 0.3) is 0 Å². The van der Waals surface area contributed by atoms with E-state index in [4.69, 9.17) is 11.6 Å². The van der Waals surface area contributed by atoms with Crippen molar-refractivity contribution in [1.29, 1.82) is 0 Å². The molecule has 0 radical (unpaired) electrons. The molecular formula is C13H13BrClNO. The molecule has 90 valence electrons. The molecule has 2 nitrogen and oxygen atoms in total. The molecule has 0 amide bonds. The molecule has 2 aromatic rings. The van der Waals surface area contributed by atoms with Gasteiger partial charge in [-0.3, -0.25) is 0 Å². The summed E-state index contributed by atoms with van der Waals surface area (Å²) in [5.41, 5.74) is 0.837. The zero-order chi connectivity index (χ0) is 11.4. The second-order valence-corrected chi connectivity index (χ2v) is 4.08. The average molecular weight is 315 g/mol. The molecule has 1 heterocycles. The number of aliphatic hydroxyl groups is 1. The van der Waals surface area contributed by atoms with Crippen LogP contribution in [-0.4, -0.2) is 5.11 Å². The van der Waals surface area contributed by atoms with E-state index in [1.165, 1.54) is 0 Å². The van der Waals surface area contributed by atoms with Crippen molar-refractivity contribution in [2.45, 2.75) is 12.6 Å². The first-order valence-corrected chi connectivity index (χ1v) is 5.51. The molecule has 0 aliphatic carbocycles. The van der Waals surface area contributed by atoms with E-state index < -0.39 is 6.10 Å². The van der Waals surface area contributed by atoms with Crippen LogP contribution in [0.3, 0.4) is 0 Å². The van der Waals surface area contributed by atoms with Crippen LogP contribution in [0.15, 0.2) is 54.9 Å². The van der Waals surface area contributed by atoms with E-state index in [9.17, 15) is 5.11 Å². The number of hydrogen-bond acceptors (Lipinski definition) is 1. The van der Waals surface area contributed by atoms with E-state index in [1.54, 1.807) is 12.1 Å². The van der Waals surface area contributed by atoms with Crippen LogP contribution in [0.2, 0.25) is 5.02 Å². The first kappa shape index (κ1) is 14.2. The molecule has 1 aromatic carbocycles. The largest absolute Gasteiger partial charge is 1.00 e. The summed E-state index contributed by atoms with van der Waals surface area (Å²) in [6, 6.07) is 13.1. The van der Waals surface area contributed by atoms with E-state index in [-0.39, 0.29) is 17.0 Å². The highest BCUT2D eigenvalue weighted by Gasteiger charge is 2.12. The highest BCUT2D eigenvalue weighted by molar-refractivity contribution is 6.30. The highest BCUT2D eigenvalue weighted by atomic mass is 79.9. The number of pyridine rings is 1. The minimum absolute atomic E-state index is 0. The van der Waals surface area contributed by atoms with E-state index in [2.05, 4.69) is 0 Å². The van der Waals surface area contributed by atoms with Gasteiger partial charge in [-0.05, 0) is 17.7 Å². The summed E-state index contributed by atoms with van der Waals surface area (Å²) in [6.45, 7) is 0.529. The minimum Gasteiger partial charge on any atom is -1.00 e. The number of aromatic nitrogens is 1. The zero-order valence-electron chi connectivity index (χ0n) is 9.13. The van der Waals surface area contributed by atoms with Gasteiger partial charge in [0, 0.05) is 17.2 Å². The zero-order valence-corrected chi connectivity index (χ0v) is 11.5. The third-order valence-corrected chi connectivity index (χ3v) is 2.63. The minimum atomic E-state index is -0.536. The Morgan fingerprint density at radius 2 is 1.82 bits per heavy atom. The highest BCUT2D eigenvalue weighted by Crippen LogP contribution is 2.17. The Morgan fingerprint density at radius 3 is 2.47 bits per heavy atom. The predicted molar refractivity (Wildman–Crippen MR) is 63.0 cm³/mol. The van der Waals surface area contributed by atoms with Gasteiger partial charge in [0.05, 0.1) is 0 Å². The molecule has 0 fully saturated rings. The fourth-order valence-electron chi connectivity index (χ4n) is 1.57. The molecule has 1 atom stereocenters. The van der Waals surface area contributed by atoms with Crippen molar-refractivity contribution < 1.29 is 26.7 Å². The van der Waals surface area contributed by atoms with Crippen LogP contribution in [0.4, 0.5) is 0 Å². The van der Waals surface area contributed by atoms with Crippen molar-refractivity contribution in [2.75, 3.05) is 0 Å². The number of halogens is 2. The Hall–Kier alpha value is -0.900. The molecule has 0 spiro atoms. The molecule has 0 saturated carbocycles. The van der Waals surface area contributed by atoms with Gasteiger partial charge in [-0.1, -0.05) is 29.8 Å². The van der Waals surface area contributed by atoms with Gasteiger partial charge < -0.3 is 22.1 Å². The van der Waals surface area contributed by atoms with Crippen LogP contribution in [0.25, 0.3) is 0 Å². The Bertz CT molecular complexity index is 464. The molecular weight excluding hydrogens is 302 g/mol. The van der Waals surface area contributed by atoms with E-state index in [0.29, 0.717) is 11.6 Å². The summed E-state index contributed by atoms with van der Waals surface area (Å²) in [5, 5.41) is 10.7. The maximum Gasteiger partial charge on any atom is 0.178 e. The van der Waals surface area contributed by atoms with Gasteiger partial charge in [-0.25, -0.2) is 4.57 Å². The summed E-state index contributed by atoms with van der Waals surface area (Å²) in [4.78, 5) is 0. The second kappa shape index (κ2) is 6.74. The van der Waals surface area contributed by atoms with Gasteiger partial charge >= 0.3 is 0 Å². The van der Waals surface area contributed by atoms with Crippen LogP contribution < -0.4 is 21.5 Å². The Labute approximate surface area is 116 Å². The number of nitrogens with zero attached hydrogens (tertiary/aromatic N) is 1. The molecule has 4 heteroatoms. The van der Waals surface area contributed by atoms with Gasteiger partial charge in [0.15, 0.2) is 18.9 Å². The number of aliphatic hydroxyl groups excluding tert-OH is 1. The van der Waals surface area contributed by atoms with Crippen molar-refractivity contribution in [1.82, 2.24) is 0 Å². The molecule has 0 aliphatic rings. The summed E-state index contributed by atoms with van der Waals surface area (Å²) in [7, 11) is 0. The van der Waals surface area contributed by atoms with Gasteiger partial charge in [0.2, 0.25) is 0 Å². The Morgan fingerprint density at radius 1 is 1.12 bits per heavy atom. The molecule has 0 saturated heterocycles. The van der Waals surface area contributed by atoms with Crippen LogP contribution in [0, 0.1) is 0 Å². The van der Waals surface area contributed by atoms with Crippen LogP contribution in [0.5, 0.6) is 0 Å². The lowest BCUT2D eigenvalue weighted by Gasteiger charge is -2.07. The smallest absolute Gasteiger partial charge is 0.178 e. The Balaban J connectivity index is 0.00000144. The molecule has 1 N–H and O–H groups in total. The third-order valence-electron chi connectivity index (χ3n) is 2.39. The van der Waals surface area contributed by atoms with Gasteiger partial charge in [-0.2, -0.15) is 0 Å². The molecule has 1 unspecified atom stereocenters. The monoisotopic (exact) mass is 313 g/mol. The molecule has 2 rings (SSSR count). The fourth-order valence-corrected chi connectivity index (χ4v) is 1.77. The predicted octanol–water partition coefficient (Wildman–Crippen LogP) is -0.635. The average Bonchev–Trinajstić information content (AvgIpc) is 2.30. The van der Waals surface area contributed by atoms with Gasteiger partial charge in [0.1, 0.15) is 6.10 Å². The third kappa shape index (κ3) is 4.11. The van der Waals surface area contributed by atoms with Crippen molar-refractivity contribution in [3.63, 3.8) is 0 Å². The van der Waals surface area contributed by atoms with Crippen molar-refractivity contribution in [3.05, 3.63) is 65.4 Å². The lowest BCUT2D eigenvalue weighted by molar-refractivity contribution is -0.704. The summed E-state index contributed by atoms with van der Waals surface area (Å²) >= 11 is 5.87. The van der Waals surface area contributed by atoms with E-state index >= 15 is 0 Å². The van der Waals surface area contributed by atoms with Gasteiger partial charge in [-0.15, -0.1) is 0 Å². The molecule has 1 aromatic heterocycles. The molecule has 0 aliphatic heterocycles. The Kier molecular flexibility index (Phi) is 5.62. The van der Waals surface area contributed by atoms with Crippen molar-refractivity contribution in [3.8, 4) is 0 Å². The number of hydrogen-bond donors (Lipinski definition) is 1. The number of benzene rings is 1. The van der Waals surface area contributed by atoms with E-state index in [1.807, 2.05) is 47.3 Å². The van der Waals surface area contributed by atoms with Crippen LogP contribution >= 0.6 is 11.6 Å². The molecule has 0 bridgehead atoms. The lowest BCUT2D eigenvalue weighted by Crippen LogP contribution is -3.00. The van der Waals surface area contributed by atoms with E-state index in [0.717, 1.165) is 5.56 Å². The first-order chi connectivity index (χ1) is 7.75. The number of rotatable bonds is 3. The summed E-state index contributed by atoms with van der Waals surface area (Å²) < 4.78 is 1.94. The summed E-state index contributed by atoms with van der Waals surface area (Å²) in [6.07, 6.45) is 3.31.